The molecule has 1 saturated carbocycles. The highest BCUT2D eigenvalue weighted by molar-refractivity contribution is 4.95. The van der Waals surface area contributed by atoms with E-state index in [-0.39, 0.29) is 6.04 Å². The van der Waals surface area contributed by atoms with E-state index in [9.17, 15) is 0 Å². The number of nitrogens with one attached hydrogen (secondary N) is 1. The van der Waals surface area contributed by atoms with Gasteiger partial charge in [-0.2, -0.15) is 0 Å². The molecule has 80 valence electrons. The van der Waals surface area contributed by atoms with Crippen LogP contribution in [0.3, 0.4) is 0 Å². The molecule has 0 heterocycles. The Labute approximate surface area is 88.7 Å². The summed E-state index contributed by atoms with van der Waals surface area (Å²) >= 11 is 0. The van der Waals surface area contributed by atoms with Crippen LogP contribution >= 0.6 is 0 Å². The van der Waals surface area contributed by atoms with Crippen molar-refractivity contribution in [1.29, 1.82) is 0 Å². The van der Waals surface area contributed by atoms with Crippen molar-refractivity contribution in [3.05, 3.63) is 0 Å². The Balaban J connectivity index is 2.13. The molecule has 1 unspecified atom stereocenters. The maximum absolute atomic E-state index is 5.32. The van der Waals surface area contributed by atoms with E-state index >= 15 is 0 Å². The SMILES string of the molecule is C#CC(C)NCC1CCC(CC)CC1. The van der Waals surface area contributed by atoms with Crippen molar-refractivity contribution in [2.45, 2.75) is 52.0 Å². The van der Waals surface area contributed by atoms with Crippen molar-refractivity contribution in [2.75, 3.05) is 6.54 Å². The van der Waals surface area contributed by atoms with Crippen molar-refractivity contribution >= 4 is 0 Å². The van der Waals surface area contributed by atoms with E-state index in [1.807, 2.05) is 0 Å². The summed E-state index contributed by atoms with van der Waals surface area (Å²) in [5.41, 5.74) is 0. The van der Waals surface area contributed by atoms with E-state index in [1.54, 1.807) is 0 Å². The molecule has 0 spiro atoms. The first-order valence-electron chi connectivity index (χ1n) is 5.95. The zero-order valence-corrected chi connectivity index (χ0v) is 9.55. The maximum atomic E-state index is 5.32. The molecule has 0 amide bonds. The minimum absolute atomic E-state index is 0.235. The Hall–Kier alpha value is -0.480. The Kier molecular flexibility index (Phi) is 5.04. The van der Waals surface area contributed by atoms with Crippen LogP contribution in [0.5, 0.6) is 0 Å². The van der Waals surface area contributed by atoms with Gasteiger partial charge in [0.1, 0.15) is 0 Å². The predicted octanol–water partition coefficient (Wildman–Crippen LogP) is 2.81. The highest BCUT2D eigenvalue weighted by Crippen LogP contribution is 2.30. The molecule has 0 aromatic heterocycles. The summed E-state index contributed by atoms with van der Waals surface area (Å²) < 4.78 is 0. The van der Waals surface area contributed by atoms with Gasteiger partial charge < -0.3 is 5.32 Å². The molecule has 1 heteroatoms. The van der Waals surface area contributed by atoms with Crippen LogP contribution in [0.1, 0.15) is 46.0 Å². The van der Waals surface area contributed by atoms with E-state index in [1.165, 1.54) is 32.1 Å². The van der Waals surface area contributed by atoms with Crippen molar-refractivity contribution in [3.63, 3.8) is 0 Å². The Morgan fingerprint density at radius 2 is 1.86 bits per heavy atom. The third kappa shape index (κ3) is 3.72. The average Bonchev–Trinajstić information content (AvgIpc) is 2.26. The second-order valence-corrected chi connectivity index (χ2v) is 4.59. The predicted molar refractivity (Wildman–Crippen MR) is 62.0 cm³/mol. The molecule has 14 heavy (non-hydrogen) atoms. The molecular weight excluding hydrogens is 170 g/mol. The van der Waals surface area contributed by atoms with Crippen LogP contribution in [0.4, 0.5) is 0 Å². The molecular formula is C13H23N. The summed E-state index contributed by atoms with van der Waals surface area (Å²) in [7, 11) is 0. The average molecular weight is 193 g/mol. The molecule has 1 aliphatic rings. The van der Waals surface area contributed by atoms with Gasteiger partial charge in [0.15, 0.2) is 0 Å². The van der Waals surface area contributed by atoms with Crippen molar-refractivity contribution in [3.8, 4) is 12.3 Å². The van der Waals surface area contributed by atoms with Gasteiger partial charge in [0.05, 0.1) is 6.04 Å². The molecule has 0 bridgehead atoms. The Morgan fingerprint density at radius 1 is 1.29 bits per heavy atom. The van der Waals surface area contributed by atoms with Crippen LogP contribution in [0, 0.1) is 24.2 Å². The second-order valence-electron chi connectivity index (χ2n) is 4.59. The van der Waals surface area contributed by atoms with E-state index in [0.717, 1.165) is 18.4 Å². The highest BCUT2D eigenvalue weighted by atomic mass is 14.9. The lowest BCUT2D eigenvalue weighted by atomic mass is 9.81. The maximum Gasteiger partial charge on any atom is 0.0658 e. The minimum Gasteiger partial charge on any atom is -0.304 e. The normalized spacial score (nSPS) is 29.5. The summed E-state index contributed by atoms with van der Waals surface area (Å²) in [6.07, 6.45) is 12.3. The van der Waals surface area contributed by atoms with Crippen LogP contribution in [0.2, 0.25) is 0 Å². The molecule has 0 aromatic carbocycles. The minimum atomic E-state index is 0.235. The smallest absolute Gasteiger partial charge is 0.0658 e. The van der Waals surface area contributed by atoms with E-state index in [2.05, 4.69) is 25.1 Å². The van der Waals surface area contributed by atoms with Crippen molar-refractivity contribution in [1.82, 2.24) is 5.32 Å². The molecule has 0 aliphatic heterocycles. The summed E-state index contributed by atoms with van der Waals surface area (Å²) in [6.45, 7) is 5.48. The summed E-state index contributed by atoms with van der Waals surface area (Å²) in [5, 5.41) is 3.40. The quantitative estimate of drug-likeness (QED) is 0.677. The van der Waals surface area contributed by atoms with Gasteiger partial charge in [0.2, 0.25) is 0 Å². The Morgan fingerprint density at radius 3 is 2.36 bits per heavy atom. The number of hydrogen-bond acceptors (Lipinski definition) is 1. The fourth-order valence-corrected chi connectivity index (χ4v) is 2.25. The van der Waals surface area contributed by atoms with Gasteiger partial charge in [-0.3, -0.25) is 0 Å². The molecule has 0 radical (unpaired) electrons. The highest BCUT2D eigenvalue weighted by Gasteiger charge is 2.19. The fourth-order valence-electron chi connectivity index (χ4n) is 2.25. The summed E-state index contributed by atoms with van der Waals surface area (Å²) in [6, 6.07) is 0.235. The largest absolute Gasteiger partial charge is 0.304 e. The van der Waals surface area contributed by atoms with Crippen LogP contribution in [0.25, 0.3) is 0 Å². The van der Waals surface area contributed by atoms with Gasteiger partial charge in [0, 0.05) is 0 Å². The number of hydrogen-bond donors (Lipinski definition) is 1. The van der Waals surface area contributed by atoms with Crippen molar-refractivity contribution < 1.29 is 0 Å². The monoisotopic (exact) mass is 193 g/mol. The zero-order valence-electron chi connectivity index (χ0n) is 9.55. The van der Waals surface area contributed by atoms with Gasteiger partial charge in [-0.15, -0.1) is 6.42 Å². The van der Waals surface area contributed by atoms with Gasteiger partial charge >= 0.3 is 0 Å². The van der Waals surface area contributed by atoms with Crippen molar-refractivity contribution in [2.24, 2.45) is 11.8 Å². The lowest BCUT2D eigenvalue weighted by molar-refractivity contribution is 0.261. The first-order chi connectivity index (χ1) is 6.76. The third-order valence-electron chi connectivity index (χ3n) is 3.51. The molecule has 0 saturated heterocycles. The molecule has 1 fully saturated rings. The molecule has 1 rings (SSSR count). The molecule has 0 aromatic rings. The summed E-state index contributed by atoms with van der Waals surface area (Å²) in [5.74, 6) is 4.58. The first kappa shape index (κ1) is 11.6. The number of terminal acetylenes is 1. The van der Waals surface area contributed by atoms with E-state index in [0.29, 0.717) is 0 Å². The Bertz CT molecular complexity index is 184. The zero-order chi connectivity index (χ0) is 10.4. The van der Waals surface area contributed by atoms with Gasteiger partial charge in [0.25, 0.3) is 0 Å². The van der Waals surface area contributed by atoms with E-state index < -0.39 is 0 Å². The fraction of sp³-hybridized carbons (Fsp3) is 0.846. The van der Waals surface area contributed by atoms with Gasteiger partial charge in [-0.25, -0.2) is 0 Å². The van der Waals surface area contributed by atoms with E-state index in [4.69, 9.17) is 6.42 Å². The molecule has 1 nitrogen and oxygen atoms in total. The van der Waals surface area contributed by atoms with Gasteiger partial charge in [-0.05, 0) is 38.1 Å². The summed E-state index contributed by atoms with van der Waals surface area (Å²) in [4.78, 5) is 0. The van der Waals surface area contributed by atoms with Crippen LogP contribution in [0.15, 0.2) is 0 Å². The molecule has 1 aliphatic carbocycles. The first-order valence-corrected chi connectivity index (χ1v) is 5.95. The number of rotatable bonds is 4. The van der Waals surface area contributed by atoms with Gasteiger partial charge in [-0.1, -0.05) is 32.1 Å². The van der Waals surface area contributed by atoms with Crippen LogP contribution in [-0.4, -0.2) is 12.6 Å². The second kappa shape index (κ2) is 6.09. The van der Waals surface area contributed by atoms with Crippen LogP contribution < -0.4 is 5.32 Å². The topological polar surface area (TPSA) is 12.0 Å². The third-order valence-corrected chi connectivity index (χ3v) is 3.51. The molecule has 1 N–H and O–H groups in total. The lowest BCUT2D eigenvalue weighted by Gasteiger charge is -2.28. The lowest BCUT2D eigenvalue weighted by Crippen LogP contribution is -2.31. The van der Waals surface area contributed by atoms with Crippen LogP contribution in [-0.2, 0) is 0 Å². The molecule has 1 atom stereocenters. The standard InChI is InChI=1S/C13H23N/c1-4-11(3)14-10-13-8-6-12(5-2)7-9-13/h1,11-14H,5-10H2,2-3H3.